The summed E-state index contributed by atoms with van der Waals surface area (Å²) in [4.78, 5) is 0. The maximum Gasteiger partial charge on any atom is 0.0543 e. The molecule has 0 radical (unpaired) electrons. The van der Waals surface area contributed by atoms with Crippen LogP contribution in [0.2, 0.25) is 0 Å². The number of hydrogen-bond acceptors (Lipinski definition) is 2. The summed E-state index contributed by atoms with van der Waals surface area (Å²) in [6.07, 6.45) is 5.34. The highest BCUT2D eigenvalue weighted by molar-refractivity contribution is 4.72. The molecular formula is C12H27NO. The van der Waals surface area contributed by atoms with E-state index in [9.17, 15) is 0 Å². The van der Waals surface area contributed by atoms with E-state index in [4.69, 9.17) is 4.74 Å². The van der Waals surface area contributed by atoms with Crippen LogP contribution in [0.15, 0.2) is 0 Å². The van der Waals surface area contributed by atoms with E-state index in [1.54, 1.807) is 7.11 Å². The maximum atomic E-state index is 5.26. The Morgan fingerprint density at radius 2 is 1.79 bits per heavy atom. The van der Waals surface area contributed by atoms with E-state index in [2.05, 4.69) is 33.1 Å². The van der Waals surface area contributed by atoms with Gasteiger partial charge < -0.3 is 10.1 Å². The van der Waals surface area contributed by atoms with Gasteiger partial charge in [-0.2, -0.15) is 0 Å². The van der Waals surface area contributed by atoms with Crippen LogP contribution in [-0.2, 0) is 4.74 Å². The van der Waals surface area contributed by atoms with Crippen molar-refractivity contribution in [1.82, 2.24) is 5.32 Å². The lowest BCUT2D eigenvalue weighted by atomic mass is 9.92. The molecule has 0 aliphatic carbocycles. The molecular weight excluding hydrogens is 174 g/mol. The van der Waals surface area contributed by atoms with Crippen molar-refractivity contribution in [2.24, 2.45) is 5.92 Å². The van der Waals surface area contributed by atoms with Gasteiger partial charge in [0, 0.05) is 13.2 Å². The summed E-state index contributed by atoms with van der Waals surface area (Å²) < 4.78 is 5.26. The molecule has 0 saturated heterocycles. The largest absolute Gasteiger partial charge is 0.382 e. The number of methoxy groups -OCH3 is 1. The van der Waals surface area contributed by atoms with Crippen molar-refractivity contribution >= 4 is 0 Å². The van der Waals surface area contributed by atoms with Gasteiger partial charge in [-0.1, -0.05) is 20.3 Å². The monoisotopic (exact) mass is 201 g/mol. The Balaban J connectivity index is 3.77. The first kappa shape index (κ1) is 13.9. The van der Waals surface area contributed by atoms with Gasteiger partial charge in [0.25, 0.3) is 0 Å². The average Bonchev–Trinajstić information content (AvgIpc) is 2.18. The molecule has 0 spiro atoms. The Bertz CT molecular complexity index is 127. The summed E-state index contributed by atoms with van der Waals surface area (Å²) in [5, 5.41) is 3.41. The second kappa shape index (κ2) is 8.25. The SMILES string of the molecule is CCCC(C)C(CCC(C)OC)NC. The van der Waals surface area contributed by atoms with Gasteiger partial charge in [0.1, 0.15) is 0 Å². The van der Waals surface area contributed by atoms with Crippen molar-refractivity contribution in [2.75, 3.05) is 14.2 Å². The molecule has 14 heavy (non-hydrogen) atoms. The third-order valence-electron chi connectivity index (χ3n) is 3.09. The molecule has 3 unspecified atom stereocenters. The highest BCUT2D eigenvalue weighted by Crippen LogP contribution is 2.16. The molecule has 0 aliphatic heterocycles. The zero-order valence-corrected chi connectivity index (χ0v) is 10.5. The fourth-order valence-electron chi connectivity index (χ4n) is 1.90. The fourth-order valence-corrected chi connectivity index (χ4v) is 1.90. The summed E-state index contributed by atoms with van der Waals surface area (Å²) in [5.41, 5.74) is 0. The molecule has 0 aliphatic rings. The standard InChI is InChI=1S/C12H27NO/c1-6-7-10(2)12(13-4)9-8-11(3)14-5/h10-13H,6-9H2,1-5H3. The lowest BCUT2D eigenvalue weighted by molar-refractivity contribution is 0.104. The summed E-state index contributed by atoms with van der Waals surface area (Å²) in [6, 6.07) is 0.646. The van der Waals surface area contributed by atoms with Crippen molar-refractivity contribution in [3.63, 3.8) is 0 Å². The molecule has 1 N–H and O–H groups in total. The zero-order valence-electron chi connectivity index (χ0n) is 10.5. The normalized spacial score (nSPS) is 17.8. The molecule has 0 aromatic rings. The molecule has 0 aromatic carbocycles. The van der Waals surface area contributed by atoms with Gasteiger partial charge in [0.2, 0.25) is 0 Å². The van der Waals surface area contributed by atoms with Gasteiger partial charge in [-0.3, -0.25) is 0 Å². The van der Waals surface area contributed by atoms with E-state index in [0.29, 0.717) is 12.1 Å². The molecule has 0 fully saturated rings. The molecule has 86 valence electrons. The van der Waals surface area contributed by atoms with E-state index in [0.717, 1.165) is 12.3 Å². The van der Waals surface area contributed by atoms with Crippen molar-refractivity contribution in [3.05, 3.63) is 0 Å². The number of ether oxygens (including phenoxy) is 1. The topological polar surface area (TPSA) is 21.3 Å². The molecule has 0 amide bonds. The van der Waals surface area contributed by atoms with Crippen molar-refractivity contribution in [1.29, 1.82) is 0 Å². The van der Waals surface area contributed by atoms with Crippen LogP contribution in [0.3, 0.4) is 0 Å². The second-order valence-electron chi connectivity index (χ2n) is 4.28. The third-order valence-corrected chi connectivity index (χ3v) is 3.09. The predicted octanol–water partition coefficient (Wildman–Crippen LogP) is 2.83. The number of rotatable bonds is 8. The quantitative estimate of drug-likeness (QED) is 0.652. The Kier molecular flexibility index (Phi) is 8.20. The zero-order chi connectivity index (χ0) is 11.0. The van der Waals surface area contributed by atoms with Gasteiger partial charge in [0.15, 0.2) is 0 Å². The van der Waals surface area contributed by atoms with Crippen LogP contribution >= 0.6 is 0 Å². The van der Waals surface area contributed by atoms with E-state index in [-0.39, 0.29) is 0 Å². The second-order valence-corrected chi connectivity index (χ2v) is 4.28. The molecule has 3 atom stereocenters. The summed E-state index contributed by atoms with van der Waals surface area (Å²) in [5.74, 6) is 0.772. The molecule has 0 saturated carbocycles. The van der Waals surface area contributed by atoms with Crippen LogP contribution < -0.4 is 5.32 Å². The molecule has 0 rings (SSSR count). The molecule has 2 heteroatoms. The fraction of sp³-hybridized carbons (Fsp3) is 1.00. The van der Waals surface area contributed by atoms with Crippen molar-refractivity contribution in [3.8, 4) is 0 Å². The highest BCUT2D eigenvalue weighted by Gasteiger charge is 2.15. The highest BCUT2D eigenvalue weighted by atomic mass is 16.5. The summed E-state index contributed by atoms with van der Waals surface area (Å²) >= 11 is 0. The van der Waals surface area contributed by atoms with Gasteiger partial charge in [-0.05, 0) is 39.2 Å². The first-order chi connectivity index (χ1) is 6.65. The van der Waals surface area contributed by atoms with Crippen LogP contribution in [0.25, 0.3) is 0 Å². The Morgan fingerprint density at radius 1 is 1.14 bits per heavy atom. The van der Waals surface area contributed by atoms with Gasteiger partial charge >= 0.3 is 0 Å². The van der Waals surface area contributed by atoms with E-state index >= 15 is 0 Å². The van der Waals surface area contributed by atoms with Crippen LogP contribution in [0.4, 0.5) is 0 Å². The molecule has 2 nitrogen and oxygen atoms in total. The van der Waals surface area contributed by atoms with E-state index in [1.165, 1.54) is 19.3 Å². The minimum atomic E-state index is 0.389. The molecule has 0 aromatic heterocycles. The van der Waals surface area contributed by atoms with Crippen molar-refractivity contribution in [2.45, 2.75) is 58.6 Å². The maximum absolute atomic E-state index is 5.26. The van der Waals surface area contributed by atoms with Crippen LogP contribution in [0, 0.1) is 5.92 Å². The van der Waals surface area contributed by atoms with E-state index in [1.807, 2.05) is 0 Å². The predicted molar refractivity (Wildman–Crippen MR) is 62.6 cm³/mol. The Hall–Kier alpha value is -0.0800. The minimum absolute atomic E-state index is 0.389. The number of hydrogen-bond donors (Lipinski definition) is 1. The Labute approximate surface area is 89.4 Å². The smallest absolute Gasteiger partial charge is 0.0543 e. The van der Waals surface area contributed by atoms with Gasteiger partial charge in [-0.25, -0.2) is 0 Å². The first-order valence-electron chi connectivity index (χ1n) is 5.85. The van der Waals surface area contributed by atoms with Gasteiger partial charge in [-0.15, -0.1) is 0 Å². The van der Waals surface area contributed by atoms with Crippen molar-refractivity contribution < 1.29 is 4.74 Å². The summed E-state index contributed by atoms with van der Waals surface area (Å²) in [6.45, 7) is 6.72. The van der Waals surface area contributed by atoms with Gasteiger partial charge in [0.05, 0.1) is 6.10 Å². The van der Waals surface area contributed by atoms with Crippen LogP contribution in [0.5, 0.6) is 0 Å². The Morgan fingerprint density at radius 3 is 2.21 bits per heavy atom. The molecule has 0 heterocycles. The van der Waals surface area contributed by atoms with Crippen LogP contribution in [-0.4, -0.2) is 26.3 Å². The molecule has 0 bridgehead atoms. The van der Waals surface area contributed by atoms with Crippen LogP contribution in [0.1, 0.15) is 46.5 Å². The lowest BCUT2D eigenvalue weighted by Gasteiger charge is -2.24. The first-order valence-corrected chi connectivity index (χ1v) is 5.85. The third kappa shape index (κ3) is 5.61. The summed E-state index contributed by atoms with van der Waals surface area (Å²) in [7, 11) is 3.85. The average molecular weight is 201 g/mol. The minimum Gasteiger partial charge on any atom is -0.382 e. The number of nitrogens with one attached hydrogen (secondary N) is 1. The lowest BCUT2D eigenvalue weighted by Crippen LogP contribution is -2.32. The van der Waals surface area contributed by atoms with E-state index < -0.39 is 0 Å².